The first kappa shape index (κ1) is 12.8. The molecular formula is C14H20O2. The van der Waals surface area contributed by atoms with Gasteiger partial charge in [-0.1, -0.05) is 37.7 Å². The van der Waals surface area contributed by atoms with E-state index in [2.05, 4.69) is 18.4 Å². The first-order valence-corrected chi connectivity index (χ1v) is 5.94. The van der Waals surface area contributed by atoms with Crippen molar-refractivity contribution in [3.8, 4) is 11.8 Å². The van der Waals surface area contributed by atoms with Gasteiger partial charge in [0.15, 0.2) is 6.10 Å². The average molecular weight is 220 g/mol. The first-order chi connectivity index (χ1) is 7.59. The fourth-order valence-electron chi connectivity index (χ4n) is 2.05. The summed E-state index contributed by atoms with van der Waals surface area (Å²) in [5.74, 6) is 6.12. The lowest BCUT2D eigenvalue weighted by atomic mass is 9.85. The molecule has 1 aliphatic rings. The summed E-state index contributed by atoms with van der Waals surface area (Å²) in [6.07, 6.45) is 5.71. The highest BCUT2D eigenvalue weighted by Crippen LogP contribution is 2.27. The average Bonchev–Trinajstić information content (AvgIpc) is 2.25. The summed E-state index contributed by atoms with van der Waals surface area (Å²) in [5.41, 5.74) is 0.813. The SMILES string of the molecule is C=C(C)C#CC(OC(C)=O)C1CCCCC1. The van der Waals surface area contributed by atoms with E-state index in [-0.39, 0.29) is 12.1 Å². The quantitative estimate of drug-likeness (QED) is 0.528. The van der Waals surface area contributed by atoms with Crippen LogP contribution in [0, 0.1) is 17.8 Å². The molecule has 2 nitrogen and oxygen atoms in total. The third-order valence-electron chi connectivity index (χ3n) is 2.80. The number of carbonyl (C=O) groups excluding carboxylic acids is 1. The van der Waals surface area contributed by atoms with Crippen LogP contribution in [0.4, 0.5) is 0 Å². The van der Waals surface area contributed by atoms with Crippen LogP contribution >= 0.6 is 0 Å². The molecule has 88 valence electrons. The number of hydrogen-bond acceptors (Lipinski definition) is 2. The van der Waals surface area contributed by atoms with Gasteiger partial charge in [0.25, 0.3) is 0 Å². The molecule has 0 saturated heterocycles. The Morgan fingerprint density at radius 3 is 2.44 bits per heavy atom. The topological polar surface area (TPSA) is 26.3 Å². The molecule has 0 heterocycles. The molecule has 0 aromatic rings. The maximum atomic E-state index is 11.0. The zero-order valence-corrected chi connectivity index (χ0v) is 10.2. The molecule has 0 spiro atoms. The van der Waals surface area contributed by atoms with Crippen molar-refractivity contribution >= 4 is 5.97 Å². The highest BCUT2D eigenvalue weighted by molar-refractivity contribution is 5.66. The fraction of sp³-hybridized carbons (Fsp3) is 0.643. The zero-order chi connectivity index (χ0) is 12.0. The van der Waals surface area contributed by atoms with Gasteiger partial charge in [-0.3, -0.25) is 4.79 Å². The van der Waals surface area contributed by atoms with Crippen LogP contribution in [0.5, 0.6) is 0 Å². The number of hydrogen-bond donors (Lipinski definition) is 0. The summed E-state index contributed by atoms with van der Waals surface area (Å²) < 4.78 is 5.29. The van der Waals surface area contributed by atoms with Crippen molar-refractivity contribution < 1.29 is 9.53 Å². The predicted molar refractivity (Wildman–Crippen MR) is 64.7 cm³/mol. The van der Waals surface area contributed by atoms with Crippen LogP contribution in [0.1, 0.15) is 46.0 Å². The summed E-state index contributed by atoms with van der Waals surface area (Å²) in [6, 6.07) is 0. The maximum Gasteiger partial charge on any atom is 0.303 e. The molecule has 0 amide bonds. The molecule has 0 aliphatic heterocycles. The van der Waals surface area contributed by atoms with Crippen molar-refractivity contribution in [1.29, 1.82) is 0 Å². The molecule has 1 fully saturated rings. The van der Waals surface area contributed by atoms with Crippen LogP contribution in [-0.2, 0) is 9.53 Å². The van der Waals surface area contributed by atoms with Gasteiger partial charge in [-0.05, 0) is 25.3 Å². The van der Waals surface area contributed by atoms with Crippen LogP contribution in [0.2, 0.25) is 0 Å². The Balaban J connectivity index is 2.66. The molecule has 1 atom stereocenters. The second-order valence-electron chi connectivity index (χ2n) is 4.48. The molecule has 0 N–H and O–H groups in total. The van der Waals surface area contributed by atoms with E-state index in [0.29, 0.717) is 5.92 Å². The van der Waals surface area contributed by atoms with Gasteiger partial charge in [0, 0.05) is 12.8 Å². The number of carbonyl (C=O) groups is 1. The Morgan fingerprint density at radius 2 is 1.94 bits per heavy atom. The van der Waals surface area contributed by atoms with Crippen LogP contribution in [-0.4, -0.2) is 12.1 Å². The summed E-state index contributed by atoms with van der Waals surface area (Å²) >= 11 is 0. The summed E-state index contributed by atoms with van der Waals surface area (Å²) in [6.45, 7) is 7.04. The smallest absolute Gasteiger partial charge is 0.303 e. The van der Waals surface area contributed by atoms with Gasteiger partial charge >= 0.3 is 5.97 Å². The lowest BCUT2D eigenvalue weighted by Gasteiger charge is -2.26. The Labute approximate surface area is 98.1 Å². The molecular weight excluding hydrogens is 200 g/mol. The molecule has 1 aliphatic carbocycles. The lowest BCUT2D eigenvalue weighted by molar-refractivity contribution is -0.146. The zero-order valence-electron chi connectivity index (χ0n) is 10.2. The molecule has 0 bridgehead atoms. The molecule has 16 heavy (non-hydrogen) atoms. The maximum absolute atomic E-state index is 11.0. The molecule has 1 rings (SSSR count). The fourth-order valence-corrected chi connectivity index (χ4v) is 2.05. The summed E-state index contributed by atoms with van der Waals surface area (Å²) in [4.78, 5) is 11.0. The monoisotopic (exact) mass is 220 g/mol. The van der Waals surface area contributed by atoms with Gasteiger partial charge in [0.2, 0.25) is 0 Å². The van der Waals surface area contributed by atoms with Crippen molar-refractivity contribution in [2.75, 3.05) is 0 Å². The molecule has 2 heteroatoms. The first-order valence-electron chi connectivity index (χ1n) is 5.94. The third kappa shape index (κ3) is 4.53. The van der Waals surface area contributed by atoms with Crippen molar-refractivity contribution in [3.05, 3.63) is 12.2 Å². The summed E-state index contributed by atoms with van der Waals surface area (Å²) in [5, 5.41) is 0. The molecule has 1 saturated carbocycles. The number of esters is 1. The second-order valence-corrected chi connectivity index (χ2v) is 4.48. The number of rotatable bonds is 2. The highest BCUT2D eigenvalue weighted by atomic mass is 16.5. The van der Waals surface area contributed by atoms with Crippen molar-refractivity contribution in [3.63, 3.8) is 0 Å². The van der Waals surface area contributed by atoms with E-state index >= 15 is 0 Å². The number of allylic oxidation sites excluding steroid dienone is 1. The minimum absolute atomic E-state index is 0.241. The van der Waals surface area contributed by atoms with E-state index in [4.69, 9.17) is 4.74 Å². The Hall–Kier alpha value is -1.23. The van der Waals surface area contributed by atoms with E-state index in [1.54, 1.807) is 0 Å². The van der Waals surface area contributed by atoms with Crippen molar-refractivity contribution in [1.82, 2.24) is 0 Å². The van der Waals surface area contributed by atoms with Crippen LogP contribution < -0.4 is 0 Å². The molecule has 0 aromatic carbocycles. The molecule has 0 aromatic heterocycles. The Morgan fingerprint density at radius 1 is 1.31 bits per heavy atom. The molecule has 1 unspecified atom stereocenters. The Kier molecular flexibility index (Phi) is 5.11. The largest absolute Gasteiger partial charge is 0.449 e. The van der Waals surface area contributed by atoms with E-state index in [1.165, 1.54) is 26.2 Å². The standard InChI is InChI=1S/C14H20O2/c1-11(2)9-10-14(16-12(3)15)13-7-5-4-6-8-13/h13-14H,1,4-8H2,2-3H3. The van der Waals surface area contributed by atoms with Gasteiger partial charge in [-0.15, -0.1) is 0 Å². The Bertz CT molecular complexity index is 313. The van der Waals surface area contributed by atoms with Crippen LogP contribution in [0.25, 0.3) is 0 Å². The van der Waals surface area contributed by atoms with Gasteiger partial charge in [-0.2, -0.15) is 0 Å². The normalized spacial score (nSPS) is 18.1. The van der Waals surface area contributed by atoms with Gasteiger partial charge in [0.05, 0.1) is 0 Å². The van der Waals surface area contributed by atoms with E-state index in [1.807, 2.05) is 6.92 Å². The molecule has 0 radical (unpaired) electrons. The van der Waals surface area contributed by atoms with Crippen molar-refractivity contribution in [2.45, 2.75) is 52.1 Å². The van der Waals surface area contributed by atoms with Gasteiger partial charge in [0.1, 0.15) is 0 Å². The van der Waals surface area contributed by atoms with Crippen molar-refractivity contribution in [2.24, 2.45) is 5.92 Å². The van der Waals surface area contributed by atoms with E-state index in [0.717, 1.165) is 18.4 Å². The lowest BCUT2D eigenvalue weighted by Crippen LogP contribution is -2.26. The minimum Gasteiger partial charge on any atom is -0.449 e. The van der Waals surface area contributed by atoms with Gasteiger partial charge in [-0.25, -0.2) is 0 Å². The second kappa shape index (κ2) is 6.37. The van der Waals surface area contributed by atoms with E-state index in [9.17, 15) is 4.79 Å². The predicted octanol–water partition coefficient (Wildman–Crippen LogP) is 3.08. The number of ether oxygens (including phenoxy) is 1. The summed E-state index contributed by atoms with van der Waals surface area (Å²) in [7, 11) is 0. The third-order valence-corrected chi connectivity index (χ3v) is 2.80. The minimum atomic E-state index is -0.244. The van der Waals surface area contributed by atoms with Crippen LogP contribution in [0.15, 0.2) is 12.2 Å². The van der Waals surface area contributed by atoms with E-state index < -0.39 is 0 Å². The van der Waals surface area contributed by atoms with Gasteiger partial charge < -0.3 is 4.74 Å². The highest BCUT2D eigenvalue weighted by Gasteiger charge is 2.24. The van der Waals surface area contributed by atoms with Crippen LogP contribution in [0.3, 0.4) is 0 Å².